The van der Waals surface area contributed by atoms with Crippen LogP contribution in [-0.4, -0.2) is 25.3 Å². The first kappa shape index (κ1) is 15.8. The molecule has 0 unspecified atom stereocenters. The maximum atomic E-state index is 5.86. The summed E-state index contributed by atoms with van der Waals surface area (Å²) in [6, 6.07) is 13.0. The van der Waals surface area contributed by atoms with Crippen molar-refractivity contribution < 1.29 is 8.94 Å². The molecule has 0 radical (unpaired) electrons. The van der Waals surface area contributed by atoms with E-state index < -0.39 is 0 Å². The fourth-order valence-electron chi connectivity index (χ4n) is 2.06. The Morgan fingerprint density at radius 2 is 1.92 bits per heavy atom. The Labute approximate surface area is 151 Å². The summed E-state index contributed by atoms with van der Waals surface area (Å²) in [6.07, 6.45) is 1.58. The molecule has 4 aromatic rings. The van der Waals surface area contributed by atoms with E-state index in [9.17, 15) is 0 Å². The lowest BCUT2D eigenvalue weighted by Gasteiger charge is -1.94. The predicted octanol–water partition coefficient (Wildman–Crippen LogP) is 4.13. The molecule has 0 N–H and O–H groups in total. The molecule has 0 saturated heterocycles. The Morgan fingerprint density at radius 1 is 1.04 bits per heavy atom. The Kier molecular flexibility index (Phi) is 4.45. The normalized spacial score (nSPS) is 10.9. The van der Waals surface area contributed by atoms with Crippen molar-refractivity contribution in [3.05, 3.63) is 59.7 Å². The molecule has 124 valence electrons. The van der Waals surface area contributed by atoms with Crippen LogP contribution in [0.25, 0.3) is 22.8 Å². The van der Waals surface area contributed by atoms with Crippen molar-refractivity contribution in [1.29, 1.82) is 0 Å². The van der Waals surface area contributed by atoms with Crippen LogP contribution in [0, 0.1) is 0 Å². The lowest BCUT2D eigenvalue weighted by atomic mass is 10.2. The van der Waals surface area contributed by atoms with Gasteiger partial charge in [0, 0.05) is 17.3 Å². The molecule has 3 heterocycles. The second-order valence-electron chi connectivity index (χ2n) is 4.91. The molecule has 0 amide bonds. The molecule has 0 spiro atoms. The number of thioether (sulfide) groups is 1. The third-order valence-electron chi connectivity index (χ3n) is 3.20. The van der Waals surface area contributed by atoms with Crippen molar-refractivity contribution >= 4 is 23.4 Å². The van der Waals surface area contributed by atoms with Gasteiger partial charge in [0.25, 0.3) is 5.22 Å². The van der Waals surface area contributed by atoms with Gasteiger partial charge in [0.05, 0.1) is 5.75 Å². The van der Waals surface area contributed by atoms with Crippen molar-refractivity contribution in [2.24, 2.45) is 0 Å². The molecule has 9 heteroatoms. The summed E-state index contributed by atoms with van der Waals surface area (Å²) < 4.78 is 10.9. The molecule has 0 aliphatic carbocycles. The van der Waals surface area contributed by atoms with Crippen LogP contribution in [0.4, 0.5) is 0 Å². The summed E-state index contributed by atoms with van der Waals surface area (Å²) in [5.41, 5.74) is 1.61. The van der Waals surface area contributed by atoms with Gasteiger partial charge in [-0.1, -0.05) is 58.9 Å². The van der Waals surface area contributed by atoms with Crippen LogP contribution in [0.15, 0.2) is 62.8 Å². The third kappa shape index (κ3) is 3.70. The molecular weight excluding hydrogens is 362 g/mol. The Hall–Kier alpha value is -2.71. The van der Waals surface area contributed by atoms with E-state index in [0.717, 1.165) is 5.56 Å². The lowest BCUT2D eigenvalue weighted by molar-refractivity contribution is 0.391. The highest BCUT2D eigenvalue weighted by Crippen LogP contribution is 2.26. The smallest absolute Gasteiger partial charge is 0.277 e. The van der Waals surface area contributed by atoms with Gasteiger partial charge in [0.15, 0.2) is 0 Å². The zero-order valence-corrected chi connectivity index (χ0v) is 14.2. The average molecular weight is 372 g/mol. The lowest BCUT2D eigenvalue weighted by Crippen LogP contribution is -1.82. The van der Waals surface area contributed by atoms with Gasteiger partial charge in [-0.05, 0) is 12.1 Å². The van der Waals surface area contributed by atoms with Gasteiger partial charge in [0.2, 0.25) is 17.6 Å². The van der Waals surface area contributed by atoms with Crippen LogP contribution in [0.3, 0.4) is 0 Å². The molecule has 0 atom stereocenters. The molecule has 7 nitrogen and oxygen atoms in total. The largest absolute Gasteiger partial charge is 0.411 e. The van der Waals surface area contributed by atoms with E-state index in [1.54, 1.807) is 18.3 Å². The monoisotopic (exact) mass is 371 g/mol. The van der Waals surface area contributed by atoms with Crippen LogP contribution >= 0.6 is 23.4 Å². The molecule has 3 aromatic heterocycles. The van der Waals surface area contributed by atoms with E-state index in [-0.39, 0.29) is 0 Å². The average Bonchev–Trinajstić information content (AvgIpc) is 3.30. The van der Waals surface area contributed by atoms with E-state index in [1.165, 1.54) is 11.8 Å². The van der Waals surface area contributed by atoms with Gasteiger partial charge in [-0.15, -0.1) is 10.2 Å². The summed E-state index contributed by atoms with van der Waals surface area (Å²) in [6.45, 7) is 0. The molecule has 4 rings (SSSR count). The van der Waals surface area contributed by atoms with Crippen LogP contribution in [0.5, 0.6) is 0 Å². The number of pyridine rings is 1. The van der Waals surface area contributed by atoms with Crippen molar-refractivity contribution in [2.45, 2.75) is 11.0 Å². The number of hydrogen-bond donors (Lipinski definition) is 0. The number of rotatable bonds is 5. The van der Waals surface area contributed by atoms with Crippen molar-refractivity contribution in [3.63, 3.8) is 0 Å². The van der Waals surface area contributed by atoms with Gasteiger partial charge >= 0.3 is 0 Å². The molecule has 0 bridgehead atoms. The van der Waals surface area contributed by atoms with E-state index in [2.05, 4.69) is 25.3 Å². The van der Waals surface area contributed by atoms with Crippen molar-refractivity contribution in [3.8, 4) is 22.8 Å². The number of benzene rings is 1. The zero-order valence-electron chi connectivity index (χ0n) is 12.7. The van der Waals surface area contributed by atoms with Gasteiger partial charge in [-0.25, -0.2) is 4.98 Å². The molecule has 0 aliphatic heterocycles. The summed E-state index contributed by atoms with van der Waals surface area (Å²) in [5.74, 6) is 1.84. The first-order valence-corrected chi connectivity index (χ1v) is 8.60. The SMILES string of the molecule is Clc1cc(-c2nnc(SCc3nc(-c4ccccc4)no3)o2)ccn1. The minimum Gasteiger partial charge on any atom is -0.411 e. The maximum Gasteiger partial charge on any atom is 0.277 e. The fraction of sp³-hybridized carbons (Fsp3) is 0.0625. The molecular formula is C16H10ClN5O2S. The number of hydrogen-bond acceptors (Lipinski definition) is 8. The Balaban J connectivity index is 1.43. The minimum atomic E-state index is 0.365. The second-order valence-corrected chi connectivity index (χ2v) is 6.22. The molecule has 0 fully saturated rings. The molecule has 1 aromatic carbocycles. The maximum absolute atomic E-state index is 5.86. The highest BCUT2D eigenvalue weighted by Gasteiger charge is 2.13. The molecule has 0 saturated carbocycles. The summed E-state index contributed by atoms with van der Waals surface area (Å²) in [4.78, 5) is 8.28. The summed E-state index contributed by atoms with van der Waals surface area (Å²) >= 11 is 7.18. The second kappa shape index (κ2) is 7.04. The first-order chi connectivity index (χ1) is 12.3. The first-order valence-electron chi connectivity index (χ1n) is 7.24. The minimum absolute atomic E-state index is 0.365. The highest BCUT2D eigenvalue weighted by molar-refractivity contribution is 7.98. The standard InChI is InChI=1S/C16H10ClN5O2S/c17-12-8-11(6-7-18-12)15-20-21-16(23-15)25-9-13-19-14(22-24-13)10-4-2-1-3-5-10/h1-8H,9H2. The van der Waals surface area contributed by atoms with Gasteiger partial charge in [-0.2, -0.15) is 4.98 Å². The number of nitrogens with zero attached hydrogens (tertiary/aromatic N) is 5. The van der Waals surface area contributed by atoms with Gasteiger partial charge in [-0.3, -0.25) is 0 Å². The number of halogens is 1. The van der Waals surface area contributed by atoms with Crippen LogP contribution in [0.1, 0.15) is 5.89 Å². The van der Waals surface area contributed by atoms with Gasteiger partial charge in [0.1, 0.15) is 5.15 Å². The summed E-state index contributed by atoms with van der Waals surface area (Å²) in [7, 11) is 0. The number of aromatic nitrogens is 5. The zero-order chi connectivity index (χ0) is 17.1. The van der Waals surface area contributed by atoms with Crippen molar-refractivity contribution in [1.82, 2.24) is 25.3 Å². The van der Waals surface area contributed by atoms with Crippen LogP contribution in [0.2, 0.25) is 5.15 Å². The van der Waals surface area contributed by atoms with E-state index >= 15 is 0 Å². The van der Waals surface area contributed by atoms with Crippen LogP contribution in [-0.2, 0) is 5.75 Å². The topological polar surface area (TPSA) is 90.7 Å². The third-order valence-corrected chi connectivity index (χ3v) is 4.21. The van der Waals surface area contributed by atoms with Gasteiger partial charge < -0.3 is 8.94 Å². The Morgan fingerprint density at radius 3 is 2.76 bits per heavy atom. The Bertz CT molecular complexity index is 989. The van der Waals surface area contributed by atoms with E-state index in [4.69, 9.17) is 20.5 Å². The highest BCUT2D eigenvalue weighted by atomic mass is 35.5. The quantitative estimate of drug-likeness (QED) is 0.382. The fourth-order valence-corrected chi connectivity index (χ4v) is 2.84. The van der Waals surface area contributed by atoms with Crippen molar-refractivity contribution in [2.75, 3.05) is 0 Å². The summed E-state index contributed by atoms with van der Waals surface area (Å²) in [5, 5.41) is 12.7. The molecule has 0 aliphatic rings. The van der Waals surface area contributed by atoms with E-state index in [1.807, 2.05) is 30.3 Å². The molecule has 25 heavy (non-hydrogen) atoms. The van der Waals surface area contributed by atoms with Crippen LogP contribution < -0.4 is 0 Å². The predicted molar refractivity (Wildman–Crippen MR) is 91.8 cm³/mol. The van der Waals surface area contributed by atoms with E-state index in [0.29, 0.717) is 39.3 Å².